The number of halogens is 1. The Morgan fingerprint density at radius 3 is 2.37 bits per heavy atom. The average molecular weight is 477 g/mol. The zero-order chi connectivity index (χ0) is 19.4. The van der Waals surface area contributed by atoms with E-state index in [9.17, 15) is 14.5 Å². The van der Waals surface area contributed by atoms with Crippen molar-refractivity contribution < 1.29 is 9.59 Å². The van der Waals surface area contributed by atoms with Gasteiger partial charge in [-0.2, -0.15) is 0 Å². The maximum absolute atomic E-state index is 12.4. The van der Waals surface area contributed by atoms with E-state index in [0.717, 1.165) is 14.9 Å². The van der Waals surface area contributed by atoms with E-state index >= 15 is 0 Å². The van der Waals surface area contributed by atoms with Crippen molar-refractivity contribution in [1.29, 1.82) is 0 Å². The summed E-state index contributed by atoms with van der Waals surface area (Å²) in [6.07, 6.45) is 1.25. The van der Waals surface area contributed by atoms with Crippen LogP contribution in [0, 0.1) is 21.3 Å². The molecule has 140 valence electrons. The Labute approximate surface area is 171 Å². The maximum atomic E-state index is 12.4. The van der Waals surface area contributed by atoms with Crippen LogP contribution in [0.25, 0.3) is 0 Å². The summed E-state index contributed by atoms with van der Waals surface area (Å²) in [6.45, 7) is 3.42. The van der Waals surface area contributed by atoms with Crippen molar-refractivity contribution >= 4 is 45.8 Å². The van der Waals surface area contributed by atoms with E-state index in [1.54, 1.807) is 12.1 Å². The van der Waals surface area contributed by atoms with Crippen LogP contribution in [0.3, 0.4) is 0 Å². The van der Waals surface area contributed by atoms with E-state index in [2.05, 4.69) is 38.0 Å². The second-order valence-corrected chi connectivity index (χ2v) is 7.82. The molecule has 2 amide bonds. The number of rotatable bonds is 4. The lowest BCUT2D eigenvalue weighted by atomic mass is 9.96. The molecule has 1 aliphatic rings. The number of hydrogen-bond donors (Lipinski definition) is 1. The lowest BCUT2D eigenvalue weighted by Crippen LogP contribution is -2.35. The predicted octanol–water partition coefficient (Wildman–Crippen LogP) is 4.36. The Morgan fingerprint density at radius 1 is 1.11 bits per heavy atom. The molecule has 1 saturated heterocycles. The van der Waals surface area contributed by atoms with Crippen molar-refractivity contribution in [3.8, 4) is 0 Å². The van der Waals surface area contributed by atoms with Gasteiger partial charge in [-0.25, -0.2) is 0 Å². The number of amides is 2. The third-order valence-electron chi connectivity index (χ3n) is 4.86. The highest BCUT2D eigenvalue weighted by molar-refractivity contribution is 14.1. The van der Waals surface area contributed by atoms with E-state index in [1.165, 1.54) is 5.56 Å². The summed E-state index contributed by atoms with van der Waals surface area (Å²) < 4.78 is 1.10. The fourth-order valence-corrected chi connectivity index (χ4v) is 3.67. The highest BCUT2D eigenvalue weighted by Gasteiger charge is 2.25. The second-order valence-electron chi connectivity index (χ2n) is 6.66. The minimum absolute atomic E-state index is 0.150. The van der Waals surface area contributed by atoms with Crippen molar-refractivity contribution in [3.63, 3.8) is 0 Å². The van der Waals surface area contributed by atoms with Crippen LogP contribution in [-0.2, 0) is 4.79 Å². The Balaban J connectivity index is 1.61. The molecule has 2 aromatic rings. The fraction of sp³-hybridized carbons (Fsp3) is 0.300. The number of nitrogens with zero attached hydrogens (tertiary/aromatic N) is 2. The molecular weight excluding hydrogens is 457 g/mol. The number of piperidine rings is 1. The van der Waals surface area contributed by atoms with Crippen LogP contribution in [-0.4, -0.2) is 24.9 Å². The molecule has 1 fully saturated rings. The van der Waals surface area contributed by atoms with Gasteiger partial charge in [0, 0.05) is 44.7 Å². The summed E-state index contributed by atoms with van der Waals surface area (Å²) in [5.74, 6) is -0.962. The molecule has 0 atom stereocenters. The number of aryl methyl sites for hydroxylation is 1. The molecule has 3 rings (SSSR count). The highest BCUT2D eigenvalue weighted by atomic mass is 127. The van der Waals surface area contributed by atoms with Crippen LogP contribution in [0.5, 0.6) is 0 Å². The predicted molar refractivity (Wildman–Crippen MR) is 114 cm³/mol. The first-order valence-electron chi connectivity index (χ1n) is 8.77. The van der Waals surface area contributed by atoms with E-state index in [-0.39, 0.29) is 11.8 Å². The van der Waals surface area contributed by atoms with Gasteiger partial charge in [0.1, 0.15) is 0 Å². The first-order chi connectivity index (χ1) is 13.0. The van der Waals surface area contributed by atoms with Gasteiger partial charge < -0.3 is 10.2 Å². The minimum atomic E-state index is -0.549. The number of anilines is 2. The van der Waals surface area contributed by atoms with Crippen LogP contribution in [0.2, 0.25) is 0 Å². The largest absolute Gasteiger partial charge is 0.371 e. The number of carbonyl (C=O) groups is 2. The monoisotopic (exact) mass is 477 g/mol. The van der Waals surface area contributed by atoms with E-state index in [1.807, 2.05) is 37.3 Å². The molecule has 27 heavy (non-hydrogen) atoms. The topological polar surface area (TPSA) is 78.8 Å². The number of hydrogen-bond acceptors (Lipinski definition) is 4. The molecule has 1 heterocycles. The lowest BCUT2D eigenvalue weighted by Gasteiger charge is -2.32. The molecule has 1 N–H and O–H groups in total. The van der Waals surface area contributed by atoms with Crippen LogP contribution >= 0.6 is 22.6 Å². The second kappa shape index (κ2) is 8.60. The molecule has 6 nitrogen and oxygen atoms in total. The molecule has 0 radical (unpaired) electrons. The van der Waals surface area contributed by atoms with E-state index < -0.39 is 5.91 Å². The smallest absolute Gasteiger partial charge is 0.289 e. The van der Waals surface area contributed by atoms with Crippen molar-refractivity contribution in [2.45, 2.75) is 19.8 Å². The molecule has 0 spiro atoms. The Bertz CT molecular complexity index is 859. The van der Waals surface area contributed by atoms with Gasteiger partial charge in [-0.1, -0.05) is 6.07 Å². The maximum Gasteiger partial charge on any atom is 0.289 e. The SMILES string of the molecule is Cc1ccc(NC(=O)c2ccc(N3CCC(C(=O)N=O)CC3)cc2)cc1I. The molecule has 0 aliphatic carbocycles. The molecule has 7 heteroatoms. The van der Waals surface area contributed by atoms with E-state index in [4.69, 9.17) is 0 Å². The molecule has 0 aromatic heterocycles. The quantitative estimate of drug-likeness (QED) is 0.525. The van der Waals surface area contributed by atoms with E-state index in [0.29, 0.717) is 31.5 Å². The number of nitroso groups, excluding NO2 is 1. The van der Waals surface area contributed by atoms with Gasteiger partial charge in [-0.3, -0.25) is 9.59 Å². The highest BCUT2D eigenvalue weighted by Crippen LogP contribution is 2.25. The summed E-state index contributed by atoms with van der Waals surface area (Å²) in [5.41, 5.74) is 3.54. The summed E-state index contributed by atoms with van der Waals surface area (Å²) in [5, 5.41) is 5.45. The summed E-state index contributed by atoms with van der Waals surface area (Å²) >= 11 is 2.25. The summed E-state index contributed by atoms with van der Waals surface area (Å²) in [7, 11) is 0. The van der Waals surface area contributed by atoms with Crippen LogP contribution in [0.1, 0.15) is 28.8 Å². The summed E-state index contributed by atoms with van der Waals surface area (Å²) in [6, 6.07) is 13.2. The first kappa shape index (κ1) is 19.5. The van der Waals surface area contributed by atoms with Gasteiger partial charge in [0.05, 0.1) is 0 Å². The minimum Gasteiger partial charge on any atom is -0.371 e. The van der Waals surface area contributed by atoms with Gasteiger partial charge in [0.15, 0.2) is 0 Å². The molecular formula is C20H20IN3O3. The van der Waals surface area contributed by atoms with Gasteiger partial charge in [-0.15, -0.1) is 4.91 Å². The van der Waals surface area contributed by atoms with Gasteiger partial charge in [0.2, 0.25) is 0 Å². The molecule has 2 aromatic carbocycles. The molecule has 0 unspecified atom stereocenters. The number of benzene rings is 2. The zero-order valence-corrected chi connectivity index (χ0v) is 17.1. The van der Waals surface area contributed by atoms with Crippen molar-refractivity contribution in [3.05, 3.63) is 62.1 Å². The number of nitrogens with one attached hydrogen (secondary N) is 1. The molecule has 0 saturated carbocycles. The van der Waals surface area contributed by atoms with Gasteiger partial charge in [0.25, 0.3) is 11.8 Å². The normalized spacial score (nSPS) is 14.7. The first-order valence-corrected chi connectivity index (χ1v) is 9.85. The van der Waals surface area contributed by atoms with Crippen molar-refractivity contribution in [2.75, 3.05) is 23.3 Å². The fourth-order valence-electron chi connectivity index (χ4n) is 3.16. The Morgan fingerprint density at radius 2 is 1.78 bits per heavy atom. The standard InChI is InChI=1S/C20H20IN3O3/c1-13-2-5-16(12-18(13)21)22-19(25)14-3-6-17(7-4-14)24-10-8-15(9-11-24)20(26)23-27/h2-7,12,15H,8-11H2,1H3,(H,22,25). The Hall–Kier alpha value is -2.29. The molecule has 1 aliphatic heterocycles. The van der Waals surface area contributed by atoms with Gasteiger partial charge >= 0.3 is 0 Å². The number of carbonyl (C=O) groups excluding carboxylic acids is 2. The molecule has 0 bridgehead atoms. The Kier molecular flexibility index (Phi) is 6.20. The van der Waals surface area contributed by atoms with Crippen molar-refractivity contribution in [2.24, 2.45) is 11.1 Å². The lowest BCUT2D eigenvalue weighted by molar-refractivity contribution is -0.122. The van der Waals surface area contributed by atoms with Gasteiger partial charge in [-0.05, 0) is 84.3 Å². The average Bonchev–Trinajstić information content (AvgIpc) is 2.70. The summed E-state index contributed by atoms with van der Waals surface area (Å²) in [4.78, 5) is 36.3. The third-order valence-corrected chi connectivity index (χ3v) is 6.02. The van der Waals surface area contributed by atoms with Crippen LogP contribution in [0.4, 0.5) is 11.4 Å². The van der Waals surface area contributed by atoms with Crippen LogP contribution < -0.4 is 10.2 Å². The zero-order valence-electron chi connectivity index (χ0n) is 14.9. The van der Waals surface area contributed by atoms with Crippen molar-refractivity contribution in [1.82, 2.24) is 0 Å². The third kappa shape index (κ3) is 4.71. The van der Waals surface area contributed by atoms with Crippen LogP contribution in [0.15, 0.2) is 47.6 Å².